The van der Waals surface area contributed by atoms with Gasteiger partial charge in [0.15, 0.2) is 0 Å². The third-order valence-electron chi connectivity index (χ3n) is 3.33. The van der Waals surface area contributed by atoms with E-state index in [2.05, 4.69) is 9.55 Å². The molecule has 5 heteroatoms. The first-order valence-electron chi connectivity index (χ1n) is 6.61. The number of imidazole rings is 1. The minimum absolute atomic E-state index is 0.506. The Bertz CT molecular complexity index is 783. The number of fused-ring (bicyclic) bond motifs is 1. The third-order valence-corrected chi connectivity index (χ3v) is 3.75. The standard InChI is InChI=1S/C16H14Cl2N2O/c1-21-15-5-3-2-4-14(15)20-13-7-6-11(18)10-12(13)19-16(20)8-9-17/h2-7,10H,8-9H2,1H3. The number of aryl methyl sites for hydroxylation is 1. The van der Waals surface area contributed by atoms with Crippen LogP contribution in [0.1, 0.15) is 5.82 Å². The van der Waals surface area contributed by atoms with Crippen LogP contribution >= 0.6 is 23.2 Å². The molecule has 0 fully saturated rings. The van der Waals surface area contributed by atoms with Gasteiger partial charge in [0.25, 0.3) is 0 Å². The van der Waals surface area contributed by atoms with E-state index in [0.29, 0.717) is 17.3 Å². The maximum atomic E-state index is 6.06. The number of alkyl halides is 1. The smallest absolute Gasteiger partial charge is 0.142 e. The van der Waals surface area contributed by atoms with Crippen molar-refractivity contribution in [3.8, 4) is 11.4 Å². The Hall–Kier alpha value is -1.71. The van der Waals surface area contributed by atoms with Crippen LogP contribution in [0.25, 0.3) is 16.7 Å². The molecule has 108 valence electrons. The summed E-state index contributed by atoms with van der Waals surface area (Å²) in [5, 5.41) is 0.671. The van der Waals surface area contributed by atoms with Crippen molar-refractivity contribution in [2.45, 2.75) is 6.42 Å². The lowest BCUT2D eigenvalue weighted by Gasteiger charge is -2.12. The van der Waals surface area contributed by atoms with E-state index in [0.717, 1.165) is 28.3 Å². The summed E-state index contributed by atoms with van der Waals surface area (Å²) in [5.74, 6) is 2.20. The molecule has 0 atom stereocenters. The second kappa shape index (κ2) is 5.96. The number of rotatable bonds is 4. The summed E-state index contributed by atoms with van der Waals surface area (Å²) in [4.78, 5) is 4.65. The average molecular weight is 321 g/mol. The molecule has 21 heavy (non-hydrogen) atoms. The topological polar surface area (TPSA) is 27.1 Å². The van der Waals surface area contributed by atoms with E-state index in [9.17, 15) is 0 Å². The summed E-state index contributed by atoms with van der Waals surface area (Å²) in [6, 6.07) is 13.6. The molecule has 3 rings (SSSR count). The van der Waals surface area contributed by atoms with Crippen molar-refractivity contribution in [1.29, 1.82) is 0 Å². The quantitative estimate of drug-likeness (QED) is 0.663. The fraction of sp³-hybridized carbons (Fsp3) is 0.188. The Labute approximate surface area is 133 Å². The van der Waals surface area contributed by atoms with Crippen LogP contribution < -0.4 is 4.74 Å². The van der Waals surface area contributed by atoms with Crippen LogP contribution in [-0.2, 0) is 6.42 Å². The second-order valence-electron chi connectivity index (χ2n) is 4.61. The highest BCUT2D eigenvalue weighted by atomic mass is 35.5. The van der Waals surface area contributed by atoms with E-state index in [1.54, 1.807) is 7.11 Å². The molecule has 1 heterocycles. The van der Waals surface area contributed by atoms with Crippen molar-refractivity contribution in [3.05, 3.63) is 53.3 Å². The summed E-state index contributed by atoms with van der Waals surface area (Å²) in [6.45, 7) is 0. The summed E-state index contributed by atoms with van der Waals surface area (Å²) in [5.41, 5.74) is 2.79. The van der Waals surface area contributed by atoms with Crippen LogP contribution in [0, 0.1) is 0 Å². The van der Waals surface area contributed by atoms with Crippen LogP contribution in [-0.4, -0.2) is 22.5 Å². The van der Waals surface area contributed by atoms with Gasteiger partial charge >= 0.3 is 0 Å². The Morgan fingerprint density at radius 2 is 2.00 bits per heavy atom. The molecule has 0 saturated carbocycles. The number of hydrogen-bond donors (Lipinski definition) is 0. The van der Waals surface area contributed by atoms with E-state index in [1.165, 1.54) is 0 Å². The maximum absolute atomic E-state index is 6.06. The largest absolute Gasteiger partial charge is 0.495 e. The number of ether oxygens (including phenoxy) is 1. The fourth-order valence-electron chi connectivity index (χ4n) is 2.44. The molecule has 1 aromatic heterocycles. The molecule has 0 radical (unpaired) electrons. The minimum Gasteiger partial charge on any atom is -0.495 e. The van der Waals surface area contributed by atoms with E-state index in [-0.39, 0.29) is 0 Å². The van der Waals surface area contributed by atoms with Gasteiger partial charge in [-0.15, -0.1) is 11.6 Å². The van der Waals surface area contributed by atoms with Crippen LogP contribution in [0.5, 0.6) is 5.75 Å². The zero-order valence-electron chi connectivity index (χ0n) is 11.5. The number of methoxy groups -OCH3 is 1. The van der Waals surface area contributed by atoms with Crippen molar-refractivity contribution >= 4 is 34.2 Å². The van der Waals surface area contributed by atoms with Crippen molar-refractivity contribution < 1.29 is 4.74 Å². The lowest BCUT2D eigenvalue weighted by molar-refractivity contribution is 0.413. The van der Waals surface area contributed by atoms with Gasteiger partial charge in [-0.25, -0.2) is 4.98 Å². The van der Waals surface area contributed by atoms with Crippen LogP contribution in [0.4, 0.5) is 0 Å². The van der Waals surface area contributed by atoms with Crippen molar-refractivity contribution in [2.75, 3.05) is 13.0 Å². The van der Waals surface area contributed by atoms with Gasteiger partial charge in [-0.05, 0) is 30.3 Å². The molecule has 3 nitrogen and oxygen atoms in total. The molecule has 0 amide bonds. The van der Waals surface area contributed by atoms with Gasteiger partial charge < -0.3 is 4.74 Å². The highest BCUT2D eigenvalue weighted by Gasteiger charge is 2.15. The van der Waals surface area contributed by atoms with Gasteiger partial charge in [-0.1, -0.05) is 23.7 Å². The monoisotopic (exact) mass is 320 g/mol. The maximum Gasteiger partial charge on any atom is 0.142 e. The van der Waals surface area contributed by atoms with E-state index < -0.39 is 0 Å². The van der Waals surface area contributed by atoms with Crippen LogP contribution in [0.2, 0.25) is 5.02 Å². The molecule has 0 aliphatic rings. The number of benzene rings is 2. The van der Waals surface area contributed by atoms with Crippen molar-refractivity contribution in [2.24, 2.45) is 0 Å². The Balaban J connectivity index is 2.31. The van der Waals surface area contributed by atoms with E-state index >= 15 is 0 Å². The highest BCUT2D eigenvalue weighted by molar-refractivity contribution is 6.31. The SMILES string of the molecule is COc1ccccc1-n1c(CCCl)nc2cc(Cl)ccc21. The first-order chi connectivity index (χ1) is 10.2. The Morgan fingerprint density at radius 3 is 2.76 bits per heavy atom. The normalized spacial score (nSPS) is 11.0. The lowest BCUT2D eigenvalue weighted by Crippen LogP contribution is -2.04. The first kappa shape index (κ1) is 14.2. The molecule has 0 aliphatic heterocycles. The lowest BCUT2D eigenvalue weighted by atomic mass is 10.2. The first-order valence-corrected chi connectivity index (χ1v) is 7.52. The average Bonchev–Trinajstić information content (AvgIpc) is 2.84. The number of halogens is 2. The van der Waals surface area contributed by atoms with Crippen LogP contribution in [0.3, 0.4) is 0 Å². The number of nitrogens with zero attached hydrogens (tertiary/aromatic N) is 2. The van der Waals surface area contributed by atoms with Gasteiger partial charge in [0.2, 0.25) is 0 Å². The molecular formula is C16H14Cl2N2O. The molecule has 0 bridgehead atoms. The summed E-state index contributed by atoms with van der Waals surface area (Å²) in [6.07, 6.45) is 0.673. The predicted molar refractivity (Wildman–Crippen MR) is 87.1 cm³/mol. The van der Waals surface area contributed by atoms with Crippen molar-refractivity contribution in [3.63, 3.8) is 0 Å². The number of para-hydroxylation sites is 2. The molecule has 0 aliphatic carbocycles. The van der Waals surface area contributed by atoms with E-state index in [1.807, 2.05) is 42.5 Å². The van der Waals surface area contributed by atoms with Crippen LogP contribution in [0.15, 0.2) is 42.5 Å². The number of aromatic nitrogens is 2. The second-order valence-corrected chi connectivity index (χ2v) is 5.42. The predicted octanol–water partition coefficient (Wildman–Crippen LogP) is 4.47. The number of hydrogen-bond acceptors (Lipinski definition) is 2. The summed E-state index contributed by atoms with van der Waals surface area (Å²) in [7, 11) is 1.66. The molecule has 2 aromatic carbocycles. The summed E-state index contributed by atoms with van der Waals surface area (Å²) < 4.78 is 7.54. The fourth-order valence-corrected chi connectivity index (χ4v) is 2.77. The van der Waals surface area contributed by atoms with E-state index in [4.69, 9.17) is 27.9 Å². The molecular weight excluding hydrogens is 307 g/mol. The molecule has 0 spiro atoms. The molecule has 0 N–H and O–H groups in total. The Morgan fingerprint density at radius 1 is 1.19 bits per heavy atom. The third kappa shape index (κ3) is 2.59. The molecule has 3 aromatic rings. The zero-order valence-corrected chi connectivity index (χ0v) is 13.0. The zero-order chi connectivity index (χ0) is 14.8. The molecule has 0 saturated heterocycles. The van der Waals surface area contributed by atoms with Gasteiger partial charge in [-0.3, -0.25) is 4.57 Å². The van der Waals surface area contributed by atoms with Gasteiger partial charge in [0.1, 0.15) is 11.6 Å². The van der Waals surface area contributed by atoms with Gasteiger partial charge in [0, 0.05) is 17.3 Å². The minimum atomic E-state index is 0.506. The van der Waals surface area contributed by atoms with Gasteiger partial charge in [0.05, 0.1) is 23.8 Å². The Kier molecular flexibility index (Phi) is 4.04. The van der Waals surface area contributed by atoms with Gasteiger partial charge in [-0.2, -0.15) is 0 Å². The molecule has 0 unspecified atom stereocenters. The summed E-state index contributed by atoms with van der Waals surface area (Å²) >= 11 is 12.0. The highest BCUT2D eigenvalue weighted by Crippen LogP contribution is 2.29. The van der Waals surface area contributed by atoms with Crippen molar-refractivity contribution in [1.82, 2.24) is 9.55 Å².